The zero-order valence-electron chi connectivity index (χ0n) is 13.0. The Labute approximate surface area is 126 Å². The first-order valence-corrected chi connectivity index (χ1v) is 7.52. The van der Waals surface area contributed by atoms with Gasteiger partial charge in [0.1, 0.15) is 0 Å². The van der Waals surface area contributed by atoms with Crippen LogP contribution in [-0.2, 0) is 12.0 Å². The largest absolute Gasteiger partial charge is 0.313 e. The van der Waals surface area contributed by atoms with E-state index in [1.807, 2.05) is 13.0 Å². The van der Waals surface area contributed by atoms with Crippen LogP contribution in [-0.4, -0.2) is 11.5 Å². The van der Waals surface area contributed by atoms with Crippen molar-refractivity contribution >= 4 is 22.5 Å². The molecule has 1 N–H and O–H groups in total. The lowest BCUT2D eigenvalue weighted by Gasteiger charge is -2.21. The SMILES string of the molecule is CCNCc1cc(C(C)(C)C)nc2c(C)c(Cl)ccc12. The molecule has 0 aliphatic carbocycles. The summed E-state index contributed by atoms with van der Waals surface area (Å²) in [6.45, 7) is 12.6. The average Bonchev–Trinajstić information content (AvgIpc) is 2.39. The van der Waals surface area contributed by atoms with Crippen LogP contribution in [0.2, 0.25) is 5.02 Å². The van der Waals surface area contributed by atoms with Crippen LogP contribution in [0.1, 0.15) is 44.5 Å². The van der Waals surface area contributed by atoms with Crippen molar-refractivity contribution in [1.29, 1.82) is 0 Å². The van der Waals surface area contributed by atoms with E-state index in [-0.39, 0.29) is 5.41 Å². The summed E-state index contributed by atoms with van der Waals surface area (Å²) < 4.78 is 0. The summed E-state index contributed by atoms with van der Waals surface area (Å²) in [5, 5.41) is 5.39. The molecule has 0 atom stereocenters. The number of halogens is 1. The molecular weight excluding hydrogens is 268 g/mol. The Morgan fingerprint density at radius 2 is 1.95 bits per heavy atom. The van der Waals surface area contributed by atoms with Crippen molar-refractivity contribution < 1.29 is 0 Å². The predicted octanol–water partition coefficient (Wildman–Crippen LogP) is 4.60. The monoisotopic (exact) mass is 290 g/mol. The van der Waals surface area contributed by atoms with Crippen LogP contribution < -0.4 is 5.32 Å². The number of hydrogen-bond donors (Lipinski definition) is 1. The van der Waals surface area contributed by atoms with E-state index in [9.17, 15) is 0 Å². The number of aryl methyl sites for hydroxylation is 1. The predicted molar refractivity (Wildman–Crippen MR) is 87.6 cm³/mol. The minimum absolute atomic E-state index is 0.0317. The summed E-state index contributed by atoms with van der Waals surface area (Å²) >= 11 is 6.26. The second-order valence-corrected chi connectivity index (χ2v) is 6.67. The molecule has 0 bridgehead atoms. The third kappa shape index (κ3) is 2.97. The molecule has 0 radical (unpaired) electrons. The van der Waals surface area contributed by atoms with Crippen LogP contribution in [0.3, 0.4) is 0 Å². The van der Waals surface area contributed by atoms with Gasteiger partial charge in [0.05, 0.1) is 5.52 Å². The average molecular weight is 291 g/mol. The van der Waals surface area contributed by atoms with Crippen molar-refractivity contribution in [2.24, 2.45) is 0 Å². The Hall–Kier alpha value is -1.12. The highest BCUT2D eigenvalue weighted by atomic mass is 35.5. The number of pyridine rings is 1. The van der Waals surface area contributed by atoms with E-state index in [0.29, 0.717) is 0 Å². The van der Waals surface area contributed by atoms with Gasteiger partial charge in [0.15, 0.2) is 0 Å². The summed E-state index contributed by atoms with van der Waals surface area (Å²) in [7, 11) is 0. The summed E-state index contributed by atoms with van der Waals surface area (Å²) in [5.41, 5.74) is 4.53. The van der Waals surface area contributed by atoms with Crippen LogP contribution in [0.25, 0.3) is 10.9 Å². The molecule has 2 rings (SSSR count). The number of nitrogens with one attached hydrogen (secondary N) is 1. The van der Waals surface area contributed by atoms with Gasteiger partial charge >= 0.3 is 0 Å². The Kier molecular flexibility index (Phi) is 4.36. The van der Waals surface area contributed by atoms with E-state index in [1.165, 1.54) is 10.9 Å². The number of aromatic nitrogens is 1. The molecule has 0 amide bonds. The number of fused-ring (bicyclic) bond motifs is 1. The fraction of sp³-hybridized carbons (Fsp3) is 0.471. The van der Waals surface area contributed by atoms with Crippen LogP contribution in [0.5, 0.6) is 0 Å². The van der Waals surface area contributed by atoms with Gasteiger partial charge in [-0.2, -0.15) is 0 Å². The summed E-state index contributed by atoms with van der Waals surface area (Å²) in [6, 6.07) is 6.27. The number of rotatable bonds is 3. The molecule has 0 saturated carbocycles. The molecule has 0 aliphatic rings. The number of nitrogens with zero attached hydrogens (tertiary/aromatic N) is 1. The number of hydrogen-bond acceptors (Lipinski definition) is 2. The van der Waals surface area contributed by atoms with Crippen molar-refractivity contribution in [2.45, 2.75) is 46.6 Å². The summed E-state index contributed by atoms with van der Waals surface area (Å²) in [5.74, 6) is 0. The lowest BCUT2D eigenvalue weighted by atomic mass is 9.89. The third-order valence-electron chi connectivity index (χ3n) is 3.59. The van der Waals surface area contributed by atoms with Gasteiger partial charge in [-0.25, -0.2) is 0 Å². The van der Waals surface area contributed by atoms with E-state index in [4.69, 9.17) is 16.6 Å². The van der Waals surface area contributed by atoms with Crippen LogP contribution in [0.15, 0.2) is 18.2 Å². The molecule has 1 heterocycles. The minimum atomic E-state index is 0.0317. The fourth-order valence-electron chi connectivity index (χ4n) is 2.26. The van der Waals surface area contributed by atoms with Crippen molar-refractivity contribution in [3.63, 3.8) is 0 Å². The lowest BCUT2D eigenvalue weighted by molar-refractivity contribution is 0.569. The number of benzene rings is 1. The van der Waals surface area contributed by atoms with Gasteiger partial charge in [-0.15, -0.1) is 0 Å². The van der Waals surface area contributed by atoms with E-state index in [2.05, 4.69) is 45.1 Å². The minimum Gasteiger partial charge on any atom is -0.313 e. The molecule has 1 aromatic heterocycles. The highest BCUT2D eigenvalue weighted by molar-refractivity contribution is 6.32. The second-order valence-electron chi connectivity index (χ2n) is 6.27. The molecule has 0 unspecified atom stereocenters. The molecule has 0 fully saturated rings. The van der Waals surface area contributed by atoms with Crippen LogP contribution in [0, 0.1) is 6.92 Å². The summed E-state index contributed by atoms with van der Waals surface area (Å²) in [4.78, 5) is 4.86. The first-order valence-electron chi connectivity index (χ1n) is 7.14. The first kappa shape index (κ1) is 15.3. The molecule has 1 aromatic carbocycles. The Morgan fingerprint density at radius 1 is 1.25 bits per heavy atom. The Bertz CT molecular complexity index is 627. The van der Waals surface area contributed by atoms with Gasteiger partial charge in [0.2, 0.25) is 0 Å². The lowest BCUT2D eigenvalue weighted by Crippen LogP contribution is -2.17. The molecular formula is C17H23ClN2. The van der Waals surface area contributed by atoms with Gasteiger partial charge in [-0.3, -0.25) is 4.98 Å². The highest BCUT2D eigenvalue weighted by Crippen LogP contribution is 2.30. The molecule has 3 heteroatoms. The van der Waals surface area contributed by atoms with Gasteiger partial charge in [0, 0.05) is 28.1 Å². The molecule has 0 aliphatic heterocycles. The maximum absolute atomic E-state index is 6.26. The van der Waals surface area contributed by atoms with Crippen molar-refractivity contribution in [2.75, 3.05) is 6.54 Å². The van der Waals surface area contributed by atoms with Crippen molar-refractivity contribution in [3.05, 3.63) is 40.0 Å². The van der Waals surface area contributed by atoms with E-state index in [1.54, 1.807) is 0 Å². The van der Waals surface area contributed by atoms with Gasteiger partial charge < -0.3 is 5.32 Å². The van der Waals surface area contributed by atoms with Gasteiger partial charge in [0.25, 0.3) is 0 Å². The van der Waals surface area contributed by atoms with Gasteiger partial charge in [-0.1, -0.05) is 45.4 Å². The van der Waals surface area contributed by atoms with E-state index >= 15 is 0 Å². The standard InChI is InChI=1S/C17H23ClN2/c1-6-19-10-12-9-15(17(3,4)5)20-16-11(2)14(18)8-7-13(12)16/h7-9,19H,6,10H2,1-5H3. The van der Waals surface area contributed by atoms with E-state index < -0.39 is 0 Å². The van der Waals surface area contributed by atoms with Crippen LogP contribution >= 0.6 is 11.6 Å². The smallest absolute Gasteiger partial charge is 0.0752 e. The third-order valence-corrected chi connectivity index (χ3v) is 4.00. The molecule has 0 spiro atoms. The zero-order chi connectivity index (χ0) is 14.9. The van der Waals surface area contributed by atoms with Crippen molar-refractivity contribution in [1.82, 2.24) is 10.3 Å². The molecule has 108 valence electrons. The molecule has 2 nitrogen and oxygen atoms in total. The maximum atomic E-state index is 6.26. The second kappa shape index (κ2) is 5.71. The zero-order valence-corrected chi connectivity index (χ0v) is 13.7. The molecule has 20 heavy (non-hydrogen) atoms. The summed E-state index contributed by atoms with van der Waals surface area (Å²) in [6.07, 6.45) is 0. The Balaban J connectivity index is 2.71. The Morgan fingerprint density at radius 3 is 2.55 bits per heavy atom. The van der Waals surface area contributed by atoms with Crippen LogP contribution in [0.4, 0.5) is 0 Å². The normalized spacial score (nSPS) is 12.1. The first-order chi connectivity index (χ1) is 9.34. The van der Waals surface area contributed by atoms with E-state index in [0.717, 1.165) is 34.9 Å². The quantitative estimate of drug-likeness (QED) is 0.893. The molecule has 2 aromatic rings. The van der Waals surface area contributed by atoms with Crippen molar-refractivity contribution in [3.8, 4) is 0 Å². The van der Waals surface area contributed by atoms with Gasteiger partial charge in [-0.05, 0) is 36.7 Å². The topological polar surface area (TPSA) is 24.9 Å². The molecule has 0 saturated heterocycles. The fourth-order valence-corrected chi connectivity index (χ4v) is 2.42. The maximum Gasteiger partial charge on any atom is 0.0752 e. The highest BCUT2D eigenvalue weighted by Gasteiger charge is 2.18.